The minimum atomic E-state index is -0.465. The minimum Gasteiger partial charge on any atom is -0.384 e. The monoisotopic (exact) mass is 348 g/mol. The molecule has 0 radical (unpaired) electrons. The van der Waals surface area contributed by atoms with Gasteiger partial charge in [-0.15, -0.1) is 22.6 Å². The summed E-state index contributed by atoms with van der Waals surface area (Å²) >= 11 is 1.44. The van der Waals surface area contributed by atoms with E-state index in [9.17, 15) is 4.79 Å². The Morgan fingerprint density at radius 2 is 2.00 bits per heavy atom. The number of methoxy groups -OCH3 is 1. The van der Waals surface area contributed by atoms with Gasteiger partial charge < -0.3 is 10.1 Å². The third kappa shape index (κ3) is 4.38. The fraction of sp³-hybridized carbons (Fsp3) is 0.786. The number of carbonyl (C=O) groups excluding carboxylic acids is 1. The predicted molar refractivity (Wildman–Crippen MR) is 90.9 cm³/mol. The molecule has 22 heavy (non-hydrogen) atoms. The van der Waals surface area contributed by atoms with Crippen molar-refractivity contribution in [1.29, 1.82) is 0 Å². The topological polar surface area (TPSA) is 76.1 Å². The first-order valence-electron chi connectivity index (χ1n) is 7.22. The quantitative estimate of drug-likeness (QED) is 0.872. The Morgan fingerprint density at radius 1 is 1.36 bits per heavy atom. The number of nitrogens with zero attached hydrogens (tertiary/aromatic N) is 2. The van der Waals surface area contributed by atoms with Crippen molar-refractivity contribution in [1.82, 2.24) is 15.5 Å². The summed E-state index contributed by atoms with van der Waals surface area (Å²) in [4.78, 5) is 12.7. The van der Waals surface area contributed by atoms with Gasteiger partial charge in [-0.25, -0.2) is 0 Å². The Bertz CT molecular complexity index is 490. The molecule has 1 fully saturated rings. The molecule has 0 bridgehead atoms. The molecule has 0 unspecified atom stereocenters. The largest absolute Gasteiger partial charge is 0.384 e. The molecule has 1 amide bonds. The summed E-state index contributed by atoms with van der Waals surface area (Å²) in [6.07, 6.45) is 1.55. The van der Waals surface area contributed by atoms with Crippen LogP contribution in [0.15, 0.2) is 0 Å². The van der Waals surface area contributed by atoms with E-state index in [1.807, 2.05) is 0 Å². The van der Waals surface area contributed by atoms with Gasteiger partial charge in [0.25, 0.3) is 0 Å². The van der Waals surface area contributed by atoms with Crippen LogP contribution in [0.25, 0.3) is 0 Å². The molecule has 0 atom stereocenters. The Kier molecular flexibility index (Phi) is 6.73. The summed E-state index contributed by atoms with van der Waals surface area (Å²) in [5, 5.41) is 15.9. The number of aromatic nitrogens is 2. The number of hydrogen-bond donors (Lipinski definition) is 2. The van der Waals surface area contributed by atoms with E-state index in [1.54, 1.807) is 7.11 Å². The van der Waals surface area contributed by atoms with Gasteiger partial charge in [0.05, 0.1) is 12.0 Å². The van der Waals surface area contributed by atoms with Gasteiger partial charge in [-0.2, -0.15) is 0 Å². The molecule has 126 valence electrons. The van der Waals surface area contributed by atoms with Crippen LogP contribution in [-0.2, 0) is 14.9 Å². The summed E-state index contributed by atoms with van der Waals surface area (Å²) in [5.74, 6) is -0.0116. The van der Waals surface area contributed by atoms with E-state index in [0.717, 1.165) is 30.9 Å². The first-order valence-corrected chi connectivity index (χ1v) is 8.04. The third-order valence-electron chi connectivity index (χ3n) is 3.75. The number of ether oxygens (including phenoxy) is 1. The minimum absolute atomic E-state index is 0. The zero-order valence-electron chi connectivity index (χ0n) is 13.6. The average Bonchev–Trinajstić information content (AvgIpc) is 2.88. The number of halogens is 1. The Balaban J connectivity index is 0.00000242. The molecule has 1 aliphatic heterocycles. The molecular formula is C14H25ClN4O2S. The highest BCUT2D eigenvalue weighted by atomic mass is 35.5. The van der Waals surface area contributed by atoms with Crippen molar-refractivity contribution in [2.75, 3.05) is 32.1 Å². The van der Waals surface area contributed by atoms with Crippen molar-refractivity contribution < 1.29 is 9.53 Å². The van der Waals surface area contributed by atoms with Crippen LogP contribution in [0.5, 0.6) is 0 Å². The van der Waals surface area contributed by atoms with E-state index < -0.39 is 5.41 Å². The first-order chi connectivity index (χ1) is 9.87. The molecule has 6 nitrogen and oxygen atoms in total. The highest BCUT2D eigenvalue weighted by Crippen LogP contribution is 2.33. The zero-order chi connectivity index (χ0) is 15.5. The van der Waals surface area contributed by atoms with E-state index in [2.05, 4.69) is 41.6 Å². The van der Waals surface area contributed by atoms with E-state index in [4.69, 9.17) is 4.74 Å². The van der Waals surface area contributed by atoms with Crippen molar-refractivity contribution in [2.45, 2.75) is 39.0 Å². The highest BCUT2D eigenvalue weighted by Gasteiger charge is 2.40. The number of anilines is 1. The second-order valence-electron chi connectivity index (χ2n) is 6.58. The second kappa shape index (κ2) is 7.68. The smallest absolute Gasteiger partial charge is 0.234 e. The van der Waals surface area contributed by atoms with Crippen LogP contribution in [0.3, 0.4) is 0 Å². The Labute approximate surface area is 141 Å². The average molecular weight is 349 g/mol. The highest BCUT2D eigenvalue weighted by molar-refractivity contribution is 7.15. The molecule has 2 heterocycles. The number of piperidine rings is 1. The first kappa shape index (κ1) is 19.3. The molecule has 1 aliphatic rings. The van der Waals surface area contributed by atoms with Gasteiger partial charge in [-0.3, -0.25) is 10.1 Å². The fourth-order valence-electron chi connectivity index (χ4n) is 2.43. The summed E-state index contributed by atoms with van der Waals surface area (Å²) in [5.41, 5.74) is -0.521. The molecule has 0 spiro atoms. The molecule has 0 aromatic carbocycles. The molecular weight excluding hydrogens is 324 g/mol. The Hall–Kier alpha value is -0.760. The van der Waals surface area contributed by atoms with Crippen molar-refractivity contribution in [3.8, 4) is 0 Å². The van der Waals surface area contributed by atoms with Crippen LogP contribution in [-0.4, -0.2) is 42.9 Å². The third-order valence-corrected chi connectivity index (χ3v) is 5.01. The van der Waals surface area contributed by atoms with Crippen LogP contribution in [0.4, 0.5) is 5.13 Å². The molecule has 2 N–H and O–H groups in total. The maximum Gasteiger partial charge on any atom is 0.234 e. The summed E-state index contributed by atoms with van der Waals surface area (Å²) in [6.45, 7) is 8.35. The van der Waals surface area contributed by atoms with Gasteiger partial charge in [0.15, 0.2) is 0 Å². The van der Waals surface area contributed by atoms with Gasteiger partial charge >= 0.3 is 0 Å². The maximum absolute atomic E-state index is 12.7. The SMILES string of the molecule is COCC1(C(=O)Nc2nnc(C(C)(C)C)s2)CCNCC1.Cl. The fourth-order valence-corrected chi connectivity index (χ4v) is 3.22. The number of amides is 1. The van der Waals surface area contributed by atoms with Crippen molar-refractivity contribution in [3.63, 3.8) is 0 Å². The number of carbonyl (C=O) groups is 1. The molecule has 1 saturated heterocycles. The van der Waals surface area contributed by atoms with Crippen molar-refractivity contribution in [3.05, 3.63) is 5.01 Å². The van der Waals surface area contributed by atoms with Gasteiger partial charge in [0, 0.05) is 12.5 Å². The van der Waals surface area contributed by atoms with Crippen LogP contribution in [0, 0.1) is 5.41 Å². The van der Waals surface area contributed by atoms with E-state index in [1.165, 1.54) is 11.3 Å². The zero-order valence-corrected chi connectivity index (χ0v) is 15.2. The maximum atomic E-state index is 12.7. The van der Waals surface area contributed by atoms with Gasteiger partial charge in [-0.05, 0) is 25.9 Å². The van der Waals surface area contributed by atoms with E-state index in [-0.39, 0.29) is 23.7 Å². The molecule has 0 saturated carbocycles. The lowest BCUT2D eigenvalue weighted by atomic mass is 9.79. The second-order valence-corrected chi connectivity index (χ2v) is 7.56. The molecule has 1 aromatic rings. The molecule has 8 heteroatoms. The lowest BCUT2D eigenvalue weighted by molar-refractivity contribution is -0.130. The lowest BCUT2D eigenvalue weighted by Crippen LogP contribution is -2.47. The molecule has 1 aromatic heterocycles. The van der Waals surface area contributed by atoms with E-state index >= 15 is 0 Å². The molecule has 0 aliphatic carbocycles. The molecule has 2 rings (SSSR count). The summed E-state index contributed by atoms with van der Waals surface area (Å²) < 4.78 is 5.28. The number of nitrogens with one attached hydrogen (secondary N) is 2. The lowest BCUT2D eigenvalue weighted by Gasteiger charge is -2.35. The predicted octanol–water partition coefficient (Wildman–Crippen LogP) is 2.21. The Morgan fingerprint density at radius 3 is 2.50 bits per heavy atom. The standard InChI is InChI=1S/C14H24N4O2S.ClH/c1-13(2,3)11-17-18-12(21-11)16-10(19)14(9-20-4)5-7-15-8-6-14;/h15H,5-9H2,1-4H3,(H,16,18,19);1H. The normalized spacial score (nSPS) is 17.6. The number of hydrogen-bond acceptors (Lipinski definition) is 6. The van der Waals surface area contributed by atoms with Gasteiger partial charge in [0.1, 0.15) is 5.01 Å². The number of rotatable bonds is 4. The van der Waals surface area contributed by atoms with Crippen molar-refractivity contribution >= 4 is 34.8 Å². The summed E-state index contributed by atoms with van der Waals surface area (Å²) in [6, 6.07) is 0. The van der Waals surface area contributed by atoms with Crippen molar-refractivity contribution in [2.24, 2.45) is 5.41 Å². The van der Waals surface area contributed by atoms with Crippen LogP contribution >= 0.6 is 23.7 Å². The van der Waals surface area contributed by atoms with Gasteiger partial charge in [0.2, 0.25) is 11.0 Å². The van der Waals surface area contributed by atoms with Crippen LogP contribution < -0.4 is 10.6 Å². The summed E-state index contributed by atoms with van der Waals surface area (Å²) in [7, 11) is 1.64. The van der Waals surface area contributed by atoms with Gasteiger partial charge in [-0.1, -0.05) is 32.1 Å². The van der Waals surface area contributed by atoms with Crippen LogP contribution in [0.2, 0.25) is 0 Å². The van der Waals surface area contributed by atoms with Crippen LogP contribution in [0.1, 0.15) is 38.6 Å². The van der Waals surface area contributed by atoms with E-state index in [0.29, 0.717) is 11.7 Å².